The Morgan fingerprint density at radius 1 is 1.40 bits per heavy atom. The van der Waals surface area contributed by atoms with Gasteiger partial charge in [0.15, 0.2) is 0 Å². The Kier molecular flexibility index (Phi) is 4.52. The molecule has 0 saturated carbocycles. The molecule has 1 amide bonds. The van der Waals surface area contributed by atoms with Crippen molar-refractivity contribution in [2.75, 3.05) is 0 Å². The molecule has 0 aliphatic rings. The number of hydrogen-bond acceptors (Lipinski definition) is 4. The molecule has 0 spiro atoms. The van der Waals surface area contributed by atoms with Gasteiger partial charge in [0.2, 0.25) is 5.91 Å². The molecule has 1 unspecified atom stereocenters. The summed E-state index contributed by atoms with van der Waals surface area (Å²) in [4.78, 5) is 16.7. The number of rotatable bonds is 5. The molecule has 3 N–H and O–H groups in total. The number of amides is 1. The van der Waals surface area contributed by atoms with E-state index in [0.29, 0.717) is 6.54 Å². The van der Waals surface area contributed by atoms with Crippen molar-refractivity contribution in [3.8, 4) is 0 Å². The first-order valence-corrected chi connectivity index (χ1v) is 7.48. The lowest BCUT2D eigenvalue weighted by molar-refractivity contribution is -0.126. The van der Waals surface area contributed by atoms with Crippen molar-refractivity contribution in [3.05, 3.63) is 52.0 Å². The average Bonchev–Trinajstić information content (AvgIpc) is 2.93. The van der Waals surface area contributed by atoms with Crippen molar-refractivity contribution in [2.45, 2.75) is 32.4 Å². The third kappa shape index (κ3) is 3.23. The van der Waals surface area contributed by atoms with Gasteiger partial charge in [0, 0.05) is 5.38 Å². The number of hydrogen-bond donors (Lipinski definition) is 2. The van der Waals surface area contributed by atoms with E-state index in [1.807, 2.05) is 35.7 Å². The lowest BCUT2D eigenvalue weighted by Crippen LogP contribution is -2.48. The van der Waals surface area contributed by atoms with Gasteiger partial charge in [-0.15, -0.1) is 11.3 Å². The van der Waals surface area contributed by atoms with E-state index in [1.54, 1.807) is 18.3 Å². The van der Waals surface area contributed by atoms with Crippen LogP contribution in [0.25, 0.3) is 0 Å². The fraction of sp³-hybridized carbons (Fsp3) is 0.333. The Balaban J connectivity index is 2.01. The summed E-state index contributed by atoms with van der Waals surface area (Å²) in [7, 11) is 0. The molecule has 2 rings (SSSR count). The Labute approximate surface area is 123 Å². The van der Waals surface area contributed by atoms with Crippen LogP contribution in [0.1, 0.15) is 30.1 Å². The molecule has 4 nitrogen and oxygen atoms in total. The van der Waals surface area contributed by atoms with E-state index in [2.05, 4.69) is 17.2 Å². The average molecular weight is 289 g/mol. The number of nitrogens with one attached hydrogen (secondary N) is 1. The summed E-state index contributed by atoms with van der Waals surface area (Å²) in [5, 5.41) is 5.90. The van der Waals surface area contributed by atoms with Crippen LogP contribution in [0, 0.1) is 0 Å². The number of aryl methyl sites for hydroxylation is 1. The first-order chi connectivity index (χ1) is 9.54. The zero-order chi connectivity index (χ0) is 14.6. The largest absolute Gasteiger partial charge is 0.349 e. The van der Waals surface area contributed by atoms with Crippen molar-refractivity contribution in [1.82, 2.24) is 10.3 Å². The third-order valence-electron chi connectivity index (χ3n) is 3.18. The lowest BCUT2D eigenvalue weighted by atomic mass is 9.92. The zero-order valence-electron chi connectivity index (χ0n) is 11.7. The van der Waals surface area contributed by atoms with E-state index in [-0.39, 0.29) is 5.91 Å². The highest BCUT2D eigenvalue weighted by molar-refractivity contribution is 7.09. The maximum absolute atomic E-state index is 12.3. The molecule has 5 heteroatoms. The Morgan fingerprint density at radius 2 is 2.10 bits per heavy atom. The highest BCUT2D eigenvalue weighted by atomic mass is 32.1. The fourth-order valence-corrected chi connectivity index (χ4v) is 2.61. The van der Waals surface area contributed by atoms with Gasteiger partial charge >= 0.3 is 0 Å². The summed E-state index contributed by atoms with van der Waals surface area (Å²) in [6.45, 7) is 4.19. The van der Waals surface area contributed by atoms with E-state index < -0.39 is 5.54 Å². The van der Waals surface area contributed by atoms with E-state index in [1.165, 1.54) is 0 Å². The predicted octanol–water partition coefficient (Wildman–Crippen LogP) is 2.20. The maximum Gasteiger partial charge on any atom is 0.244 e. The zero-order valence-corrected chi connectivity index (χ0v) is 12.5. The van der Waals surface area contributed by atoms with Crippen LogP contribution in [-0.2, 0) is 23.3 Å². The molecule has 0 fully saturated rings. The standard InChI is InChI=1S/C15H19N3OS/c1-3-13-18-12(10-20-13)9-17-14(19)15(2,16)11-7-5-4-6-8-11/h4-8,10H,3,9,16H2,1-2H3,(H,17,19). The van der Waals surface area contributed by atoms with Gasteiger partial charge in [-0.2, -0.15) is 0 Å². The summed E-state index contributed by atoms with van der Waals surface area (Å²) in [5.41, 5.74) is 6.79. The van der Waals surface area contributed by atoms with Crippen LogP contribution in [0.2, 0.25) is 0 Å². The molecule has 0 radical (unpaired) electrons. The molecule has 106 valence electrons. The smallest absolute Gasteiger partial charge is 0.244 e. The van der Waals surface area contributed by atoms with Crippen molar-refractivity contribution in [3.63, 3.8) is 0 Å². The number of aromatic nitrogens is 1. The number of carbonyl (C=O) groups is 1. The van der Waals surface area contributed by atoms with Crippen molar-refractivity contribution >= 4 is 17.2 Å². The second-order valence-electron chi connectivity index (χ2n) is 4.84. The van der Waals surface area contributed by atoms with Crippen LogP contribution in [-0.4, -0.2) is 10.9 Å². The molecular formula is C15H19N3OS. The summed E-state index contributed by atoms with van der Waals surface area (Å²) in [5.74, 6) is -0.199. The van der Waals surface area contributed by atoms with Crippen molar-refractivity contribution in [2.24, 2.45) is 5.73 Å². The normalized spacial score (nSPS) is 13.8. The Bertz CT molecular complexity index is 578. The number of nitrogens with zero attached hydrogens (tertiary/aromatic N) is 1. The maximum atomic E-state index is 12.3. The molecule has 0 saturated heterocycles. The number of thiazole rings is 1. The van der Waals surface area contributed by atoms with Crippen LogP contribution in [0.4, 0.5) is 0 Å². The monoisotopic (exact) mass is 289 g/mol. The number of carbonyl (C=O) groups excluding carboxylic acids is 1. The highest BCUT2D eigenvalue weighted by Gasteiger charge is 2.30. The van der Waals surface area contributed by atoms with Gasteiger partial charge in [-0.05, 0) is 18.9 Å². The van der Waals surface area contributed by atoms with E-state index in [0.717, 1.165) is 22.7 Å². The molecule has 20 heavy (non-hydrogen) atoms. The Hall–Kier alpha value is -1.72. The highest BCUT2D eigenvalue weighted by Crippen LogP contribution is 2.17. The molecule has 1 atom stereocenters. The minimum Gasteiger partial charge on any atom is -0.349 e. The van der Waals surface area contributed by atoms with Gasteiger partial charge in [-0.25, -0.2) is 4.98 Å². The molecule has 2 aromatic rings. The van der Waals surface area contributed by atoms with E-state index >= 15 is 0 Å². The van der Waals surface area contributed by atoms with Gasteiger partial charge in [0.25, 0.3) is 0 Å². The molecule has 1 aromatic carbocycles. The van der Waals surface area contributed by atoms with E-state index in [4.69, 9.17) is 5.73 Å². The van der Waals surface area contributed by atoms with Gasteiger partial charge < -0.3 is 11.1 Å². The lowest BCUT2D eigenvalue weighted by Gasteiger charge is -2.23. The molecule has 0 bridgehead atoms. The minimum atomic E-state index is -1.04. The van der Waals surface area contributed by atoms with Crippen LogP contribution in [0.15, 0.2) is 35.7 Å². The van der Waals surface area contributed by atoms with Crippen LogP contribution in [0.5, 0.6) is 0 Å². The van der Waals surface area contributed by atoms with Gasteiger partial charge in [0.1, 0.15) is 5.54 Å². The van der Waals surface area contributed by atoms with Crippen LogP contribution < -0.4 is 11.1 Å². The van der Waals surface area contributed by atoms with Gasteiger partial charge in [-0.1, -0.05) is 37.3 Å². The predicted molar refractivity (Wildman–Crippen MR) is 81.3 cm³/mol. The minimum absolute atomic E-state index is 0.199. The van der Waals surface area contributed by atoms with Gasteiger partial charge in [0.05, 0.1) is 17.2 Å². The number of nitrogens with two attached hydrogens (primary N) is 1. The second-order valence-corrected chi connectivity index (χ2v) is 5.78. The van der Waals surface area contributed by atoms with E-state index in [9.17, 15) is 4.79 Å². The van der Waals surface area contributed by atoms with Crippen LogP contribution in [0.3, 0.4) is 0 Å². The number of benzene rings is 1. The van der Waals surface area contributed by atoms with Crippen molar-refractivity contribution in [1.29, 1.82) is 0 Å². The first-order valence-electron chi connectivity index (χ1n) is 6.60. The van der Waals surface area contributed by atoms with Gasteiger partial charge in [-0.3, -0.25) is 4.79 Å². The first kappa shape index (κ1) is 14.7. The second kappa shape index (κ2) is 6.15. The summed E-state index contributed by atoms with van der Waals surface area (Å²) in [6.07, 6.45) is 0.914. The summed E-state index contributed by atoms with van der Waals surface area (Å²) in [6, 6.07) is 9.37. The summed E-state index contributed by atoms with van der Waals surface area (Å²) >= 11 is 1.61. The molecule has 0 aliphatic heterocycles. The molecular weight excluding hydrogens is 270 g/mol. The molecule has 1 heterocycles. The Morgan fingerprint density at radius 3 is 2.70 bits per heavy atom. The van der Waals surface area contributed by atoms with Crippen LogP contribution >= 0.6 is 11.3 Å². The molecule has 1 aromatic heterocycles. The fourth-order valence-electron chi connectivity index (χ4n) is 1.86. The quantitative estimate of drug-likeness (QED) is 0.886. The SMILES string of the molecule is CCc1nc(CNC(=O)C(C)(N)c2ccccc2)cs1. The summed E-state index contributed by atoms with van der Waals surface area (Å²) < 4.78 is 0. The van der Waals surface area contributed by atoms with Crippen molar-refractivity contribution < 1.29 is 4.79 Å². The third-order valence-corrected chi connectivity index (χ3v) is 4.22. The molecule has 0 aliphatic carbocycles. The topological polar surface area (TPSA) is 68.0 Å².